The number of hydrogen-bond acceptors (Lipinski definition) is 2. The molecule has 0 unspecified atom stereocenters. The van der Waals surface area contributed by atoms with Crippen LogP contribution in [0.1, 0.15) is 24.0 Å². The van der Waals surface area contributed by atoms with Crippen molar-refractivity contribution in [2.45, 2.75) is 31.6 Å². The Bertz CT molecular complexity index is 563. The lowest BCUT2D eigenvalue weighted by Crippen LogP contribution is -2.44. The molecule has 2 rings (SSSR count). The van der Waals surface area contributed by atoms with E-state index in [1.165, 1.54) is 18.2 Å². The predicted octanol–water partition coefficient (Wildman–Crippen LogP) is 3.31. The summed E-state index contributed by atoms with van der Waals surface area (Å²) in [5, 5.41) is 0. The van der Waals surface area contributed by atoms with Gasteiger partial charge in [0.05, 0.1) is 5.56 Å². The van der Waals surface area contributed by atoms with Crippen LogP contribution in [0.5, 0.6) is 0 Å². The second kappa shape index (κ2) is 7.17. The number of carbonyl (C=O) groups excluding carboxylic acids is 1. The van der Waals surface area contributed by atoms with Gasteiger partial charge in [0.25, 0.3) is 0 Å². The zero-order valence-corrected chi connectivity index (χ0v) is 13.1. The van der Waals surface area contributed by atoms with Crippen LogP contribution in [-0.2, 0) is 17.5 Å². The summed E-state index contributed by atoms with van der Waals surface area (Å²) in [5.41, 5.74) is 0.0294. The van der Waals surface area contributed by atoms with Crippen molar-refractivity contribution in [2.75, 3.05) is 20.1 Å². The van der Waals surface area contributed by atoms with Crippen molar-refractivity contribution in [1.29, 1.82) is 0 Å². The SMILES string of the molecule is C=CC(=O)N1CCC(N(C)Cc2cccc(C(F)(F)F)c2)CC1. The minimum atomic E-state index is -4.31. The molecular formula is C17H21F3N2O. The highest BCUT2D eigenvalue weighted by Gasteiger charge is 2.30. The summed E-state index contributed by atoms with van der Waals surface area (Å²) >= 11 is 0. The van der Waals surface area contributed by atoms with Crippen LogP contribution < -0.4 is 0 Å². The Balaban J connectivity index is 1.94. The van der Waals surface area contributed by atoms with Crippen molar-refractivity contribution >= 4 is 5.91 Å². The maximum Gasteiger partial charge on any atom is 0.416 e. The fraction of sp³-hybridized carbons (Fsp3) is 0.471. The molecule has 0 aromatic heterocycles. The molecule has 0 saturated carbocycles. The van der Waals surface area contributed by atoms with Crippen LogP contribution in [0.2, 0.25) is 0 Å². The maximum atomic E-state index is 12.8. The molecular weight excluding hydrogens is 305 g/mol. The molecule has 1 aromatic rings. The zero-order valence-electron chi connectivity index (χ0n) is 13.1. The molecule has 1 saturated heterocycles. The topological polar surface area (TPSA) is 23.6 Å². The Kier molecular flexibility index (Phi) is 5.46. The van der Waals surface area contributed by atoms with Crippen LogP contribution >= 0.6 is 0 Å². The van der Waals surface area contributed by atoms with Crippen molar-refractivity contribution in [2.24, 2.45) is 0 Å². The van der Waals surface area contributed by atoms with Crippen molar-refractivity contribution in [3.05, 3.63) is 48.0 Å². The smallest absolute Gasteiger partial charge is 0.339 e. The lowest BCUT2D eigenvalue weighted by atomic mass is 10.0. The van der Waals surface area contributed by atoms with Gasteiger partial charge in [-0.25, -0.2) is 0 Å². The number of rotatable bonds is 4. The Hall–Kier alpha value is -1.82. The number of benzene rings is 1. The molecule has 1 aliphatic heterocycles. The Labute approximate surface area is 134 Å². The van der Waals surface area contributed by atoms with E-state index in [1.807, 2.05) is 7.05 Å². The molecule has 0 bridgehead atoms. The average molecular weight is 326 g/mol. The van der Waals surface area contributed by atoms with E-state index in [0.717, 1.165) is 18.9 Å². The molecule has 1 amide bonds. The summed E-state index contributed by atoms with van der Waals surface area (Å²) in [6.07, 6.45) is -1.37. The molecule has 1 aromatic carbocycles. The van der Waals surface area contributed by atoms with Gasteiger partial charge in [0, 0.05) is 25.7 Å². The molecule has 6 heteroatoms. The number of nitrogens with zero attached hydrogens (tertiary/aromatic N) is 2. The number of amides is 1. The van der Waals surface area contributed by atoms with Crippen LogP contribution in [0.25, 0.3) is 0 Å². The molecule has 0 N–H and O–H groups in total. The molecule has 1 heterocycles. The first-order valence-corrected chi connectivity index (χ1v) is 7.59. The van der Waals surface area contributed by atoms with Crippen molar-refractivity contribution < 1.29 is 18.0 Å². The standard InChI is InChI=1S/C17H21F3N2O/c1-3-16(23)22-9-7-15(8-10-22)21(2)12-13-5-4-6-14(11-13)17(18,19)20/h3-6,11,15H,1,7-10,12H2,2H3. The van der Waals surface area contributed by atoms with Gasteiger partial charge in [0.1, 0.15) is 0 Å². The maximum absolute atomic E-state index is 12.8. The van der Waals surface area contributed by atoms with Crippen molar-refractivity contribution in [3.8, 4) is 0 Å². The fourth-order valence-electron chi connectivity index (χ4n) is 2.92. The van der Waals surface area contributed by atoms with Gasteiger partial charge >= 0.3 is 6.18 Å². The highest BCUT2D eigenvalue weighted by Crippen LogP contribution is 2.30. The molecule has 0 spiro atoms. The summed E-state index contributed by atoms with van der Waals surface area (Å²) < 4.78 is 38.3. The molecule has 1 aliphatic rings. The summed E-state index contributed by atoms with van der Waals surface area (Å²) in [7, 11) is 1.91. The molecule has 1 fully saturated rings. The van der Waals surface area contributed by atoms with Gasteiger partial charge in [0.2, 0.25) is 5.91 Å². The Morgan fingerprint density at radius 3 is 2.61 bits per heavy atom. The fourth-order valence-corrected chi connectivity index (χ4v) is 2.92. The summed E-state index contributed by atoms with van der Waals surface area (Å²) in [6, 6.07) is 5.70. The Morgan fingerprint density at radius 2 is 2.04 bits per heavy atom. The first-order chi connectivity index (χ1) is 10.8. The highest BCUT2D eigenvalue weighted by atomic mass is 19.4. The van der Waals surface area contributed by atoms with E-state index in [9.17, 15) is 18.0 Å². The largest absolute Gasteiger partial charge is 0.416 e. The minimum absolute atomic E-state index is 0.0658. The monoisotopic (exact) mass is 326 g/mol. The third kappa shape index (κ3) is 4.58. The van der Waals surface area contributed by atoms with Gasteiger partial charge < -0.3 is 4.90 Å². The third-order valence-electron chi connectivity index (χ3n) is 4.26. The van der Waals surface area contributed by atoms with E-state index in [4.69, 9.17) is 0 Å². The zero-order chi connectivity index (χ0) is 17.0. The highest BCUT2D eigenvalue weighted by molar-refractivity contribution is 5.87. The molecule has 126 valence electrons. The molecule has 23 heavy (non-hydrogen) atoms. The number of alkyl halides is 3. The third-order valence-corrected chi connectivity index (χ3v) is 4.26. The van der Waals surface area contributed by atoms with Crippen molar-refractivity contribution in [3.63, 3.8) is 0 Å². The quantitative estimate of drug-likeness (QED) is 0.793. The molecule has 3 nitrogen and oxygen atoms in total. The van der Waals surface area contributed by atoms with Crippen LogP contribution in [0.3, 0.4) is 0 Å². The first kappa shape index (κ1) is 17.5. The summed E-state index contributed by atoms with van der Waals surface area (Å²) in [4.78, 5) is 15.4. The number of hydrogen-bond donors (Lipinski definition) is 0. The van der Waals surface area contributed by atoms with Gasteiger partial charge in [-0.3, -0.25) is 9.69 Å². The number of halogens is 3. The van der Waals surface area contributed by atoms with Gasteiger partial charge in [-0.05, 0) is 37.6 Å². The van der Waals surface area contributed by atoms with E-state index in [2.05, 4.69) is 11.5 Å². The van der Waals surface area contributed by atoms with Crippen LogP contribution in [0.15, 0.2) is 36.9 Å². The average Bonchev–Trinajstić information content (AvgIpc) is 2.53. The number of likely N-dealkylation sites (tertiary alicyclic amines) is 1. The van der Waals surface area contributed by atoms with E-state index in [-0.39, 0.29) is 11.9 Å². The number of piperidine rings is 1. The van der Waals surface area contributed by atoms with Gasteiger partial charge in [-0.2, -0.15) is 13.2 Å². The normalized spacial score (nSPS) is 16.7. The van der Waals surface area contributed by atoms with E-state index in [0.29, 0.717) is 25.2 Å². The van der Waals surface area contributed by atoms with Gasteiger partial charge in [-0.1, -0.05) is 24.8 Å². The second-order valence-corrected chi connectivity index (χ2v) is 5.87. The van der Waals surface area contributed by atoms with E-state index in [1.54, 1.807) is 11.0 Å². The van der Waals surface area contributed by atoms with Crippen molar-refractivity contribution in [1.82, 2.24) is 9.80 Å². The lowest BCUT2D eigenvalue weighted by molar-refractivity contribution is -0.137. The van der Waals surface area contributed by atoms with Gasteiger partial charge in [-0.15, -0.1) is 0 Å². The molecule has 0 radical (unpaired) electrons. The van der Waals surface area contributed by atoms with Crippen LogP contribution in [0.4, 0.5) is 13.2 Å². The number of carbonyl (C=O) groups is 1. The van der Waals surface area contributed by atoms with E-state index < -0.39 is 11.7 Å². The summed E-state index contributed by atoms with van der Waals surface area (Å²) in [6.45, 7) is 5.25. The van der Waals surface area contributed by atoms with Crippen LogP contribution in [0, 0.1) is 0 Å². The first-order valence-electron chi connectivity index (χ1n) is 7.59. The predicted molar refractivity (Wildman–Crippen MR) is 82.7 cm³/mol. The van der Waals surface area contributed by atoms with E-state index >= 15 is 0 Å². The second-order valence-electron chi connectivity index (χ2n) is 5.87. The lowest BCUT2D eigenvalue weighted by Gasteiger charge is -2.36. The van der Waals surface area contributed by atoms with Crippen LogP contribution in [-0.4, -0.2) is 41.9 Å². The molecule has 0 atom stereocenters. The van der Waals surface area contributed by atoms with Gasteiger partial charge in [0.15, 0.2) is 0 Å². The summed E-state index contributed by atoms with van der Waals surface area (Å²) in [5.74, 6) is -0.0658. The molecule has 0 aliphatic carbocycles. The Morgan fingerprint density at radius 1 is 1.39 bits per heavy atom. The minimum Gasteiger partial charge on any atom is -0.339 e.